The Labute approximate surface area is 81.6 Å². The van der Waals surface area contributed by atoms with Crippen LogP contribution in [0.4, 0.5) is 0 Å². The second-order valence-electron chi connectivity index (χ2n) is 4.17. The Morgan fingerprint density at radius 2 is 2.00 bits per heavy atom. The second kappa shape index (κ2) is 5.40. The van der Waals surface area contributed by atoms with Gasteiger partial charge in [-0.2, -0.15) is 0 Å². The zero-order valence-corrected chi connectivity index (χ0v) is 9.21. The monoisotopic (exact) mass is 186 g/mol. The molecule has 2 heteroatoms. The summed E-state index contributed by atoms with van der Waals surface area (Å²) >= 11 is 0. The third-order valence-corrected chi connectivity index (χ3v) is 2.36. The molecule has 0 saturated heterocycles. The first-order valence-electron chi connectivity index (χ1n) is 4.79. The average molecular weight is 186 g/mol. The normalized spacial score (nSPS) is 16.7. The first-order valence-corrected chi connectivity index (χ1v) is 4.79. The number of ether oxygens (including phenoxy) is 1. The van der Waals surface area contributed by atoms with Crippen LogP contribution in [0.1, 0.15) is 33.6 Å². The lowest BCUT2D eigenvalue weighted by Gasteiger charge is -2.28. The number of methoxy groups -OCH3 is 1. The maximum absolute atomic E-state index is 9.71. The third-order valence-electron chi connectivity index (χ3n) is 2.36. The Morgan fingerprint density at radius 3 is 2.31 bits per heavy atom. The van der Waals surface area contributed by atoms with Crippen molar-refractivity contribution in [3.8, 4) is 0 Å². The van der Waals surface area contributed by atoms with E-state index >= 15 is 0 Å². The standard InChI is InChI=1S/C11H22O2/c1-6-9(2)7-8-10(13-5)11(3,4)12/h6,9-10,12H,1,7-8H2,2-5H3. The summed E-state index contributed by atoms with van der Waals surface area (Å²) in [6.45, 7) is 9.39. The van der Waals surface area contributed by atoms with Gasteiger partial charge in [-0.25, -0.2) is 0 Å². The molecule has 1 N–H and O–H groups in total. The van der Waals surface area contributed by atoms with E-state index in [0.717, 1.165) is 12.8 Å². The van der Waals surface area contributed by atoms with Crippen LogP contribution in [-0.4, -0.2) is 23.9 Å². The van der Waals surface area contributed by atoms with Crippen molar-refractivity contribution in [3.63, 3.8) is 0 Å². The molecule has 2 atom stereocenters. The van der Waals surface area contributed by atoms with Gasteiger partial charge in [0.1, 0.15) is 0 Å². The highest BCUT2D eigenvalue weighted by atomic mass is 16.5. The fourth-order valence-electron chi connectivity index (χ4n) is 1.29. The van der Waals surface area contributed by atoms with Gasteiger partial charge in [-0.05, 0) is 32.6 Å². The predicted octanol–water partition coefficient (Wildman–Crippen LogP) is 2.37. The molecule has 0 aromatic heterocycles. The summed E-state index contributed by atoms with van der Waals surface area (Å²) in [7, 11) is 1.64. The number of aliphatic hydroxyl groups is 1. The summed E-state index contributed by atoms with van der Waals surface area (Å²) in [6, 6.07) is 0. The summed E-state index contributed by atoms with van der Waals surface area (Å²) in [6.07, 6.45) is 3.71. The van der Waals surface area contributed by atoms with Gasteiger partial charge in [0.25, 0.3) is 0 Å². The van der Waals surface area contributed by atoms with Crippen molar-refractivity contribution in [1.82, 2.24) is 0 Å². The van der Waals surface area contributed by atoms with Gasteiger partial charge < -0.3 is 9.84 Å². The molecule has 0 aliphatic carbocycles. The lowest BCUT2D eigenvalue weighted by molar-refractivity contribution is -0.0745. The van der Waals surface area contributed by atoms with Crippen LogP contribution in [0, 0.1) is 5.92 Å². The molecule has 0 spiro atoms. The van der Waals surface area contributed by atoms with Crippen molar-refractivity contribution < 1.29 is 9.84 Å². The molecule has 13 heavy (non-hydrogen) atoms. The topological polar surface area (TPSA) is 29.5 Å². The fraction of sp³-hybridized carbons (Fsp3) is 0.818. The van der Waals surface area contributed by atoms with Crippen LogP contribution in [0.25, 0.3) is 0 Å². The van der Waals surface area contributed by atoms with Crippen LogP contribution in [0.15, 0.2) is 12.7 Å². The van der Waals surface area contributed by atoms with Crippen molar-refractivity contribution >= 4 is 0 Å². The first kappa shape index (κ1) is 12.7. The van der Waals surface area contributed by atoms with Crippen LogP contribution in [0.2, 0.25) is 0 Å². The van der Waals surface area contributed by atoms with Gasteiger partial charge in [0.2, 0.25) is 0 Å². The maximum Gasteiger partial charge on any atom is 0.0852 e. The number of allylic oxidation sites excluding steroid dienone is 1. The maximum atomic E-state index is 9.71. The summed E-state index contributed by atoms with van der Waals surface area (Å²) in [5.74, 6) is 0.486. The van der Waals surface area contributed by atoms with Gasteiger partial charge >= 0.3 is 0 Å². The van der Waals surface area contributed by atoms with Crippen LogP contribution in [-0.2, 0) is 4.74 Å². The molecule has 0 heterocycles. The minimum Gasteiger partial charge on any atom is -0.388 e. The van der Waals surface area contributed by atoms with E-state index in [9.17, 15) is 5.11 Å². The molecule has 0 fully saturated rings. The van der Waals surface area contributed by atoms with Gasteiger partial charge in [-0.1, -0.05) is 13.0 Å². The Hall–Kier alpha value is -0.340. The minimum absolute atomic E-state index is 0.0881. The highest BCUT2D eigenvalue weighted by Gasteiger charge is 2.26. The highest BCUT2D eigenvalue weighted by Crippen LogP contribution is 2.19. The summed E-state index contributed by atoms with van der Waals surface area (Å²) < 4.78 is 5.23. The Bertz CT molecular complexity index is 147. The van der Waals surface area contributed by atoms with E-state index in [-0.39, 0.29) is 6.10 Å². The minimum atomic E-state index is -0.754. The summed E-state index contributed by atoms with van der Waals surface area (Å²) in [5.41, 5.74) is -0.754. The molecule has 78 valence electrons. The SMILES string of the molecule is C=CC(C)CCC(OC)C(C)(C)O. The third kappa shape index (κ3) is 5.06. The smallest absolute Gasteiger partial charge is 0.0852 e. The molecule has 0 saturated carbocycles. The van der Waals surface area contributed by atoms with E-state index in [1.807, 2.05) is 6.08 Å². The van der Waals surface area contributed by atoms with Crippen LogP contribution in [0.3, 0.4) is 0 Å². The van der Waals surface area contributed by atoms with Crippen LogP contribution in [0.5, 0.6) is 0 Å². The first-order chi connectivity index (χ1) is 5.91. The van der Waals surface area contributed by atoms with E-state index in [1.54, 1.807) is 21.0 Å². The molecular weight excluding hydrogens is 164 g/mol. The lowest BCUT2D eigenvalue weighted by Crippen LogP contribution is -2.37. The number of hydrogen-bond acceptors (Lipinski definition) is 2. The van der Waals surface area contributed by atoms with Gasteiger partial charge in [0.05, 0.1) is 11.7 Å². The van der Waals surface area contributed by atoms with Crippen molar-refractivity contribution in [2.45, 2.75) is 45.3 Å². The molecule has 0 amide bonds. The zero-order valence-electron chi connectivity index (χ0n) is 9.21. The van der Waals surface area contributed by atoms with E-state index in [2.05, 4.69) is 13.5 Å². The molecule has 0 radical (unpaired) electrons. The largest absolute Gasteiger partial charge is 0.388 e. The van der Waals surface area contributed by atoms with Crippen LogP contribution < -0.4 is 0 Å². The molecule has 0 aliphatic rings. The van der Waals surface area contributed by atoms with Crippen molar-refractivity contribution in [1.29, 1.82) is 0 Å². The van der Waals surface area contributed by atoms with E-state index in [1.165, 1.54) is 0 Å². The van der Waals surface area contributed by atoms with E-state index in [0.29, 0.717) is 5.92 Å². The quantitative estimate of drug-likeness (QED) is 0.645. The van der Waals surface area contributed by atoms with Gasteiger partial charge in [0.15, 0.2) is 0 Å². The molecule has 0 aliphatic heterocycles. The van der Waals surface area contributed by atoms with Crippen molar-refractivity contribution in [2.24, 2.45) is 5.92 Å². The summed E-state index contributed by atoms with van der Waals surface area (Å²) in [5, 5.41) is 9.71. The molecular formula is C11H22O2. The van der Waals surface area contributed by atoms with Gasteiger partial charge in [-0.3, -0.25) is 0 Å². The Morgan fingerprint density at radius 1 is 1.46 bits per heavy atom. The van der Waals surface area contributed by atoms with Crippen molar-refractivity contribution in [2.75, 3.05) is 7.11 Å². The summed E-state index contributed by atoms with van der Waals surface area (Å²) in [4.78, 5) is 0. The Kier molecular flexibility index (Phi) is 5.26. The molecule has 0 aromatic rings. The molecule has 2 unspecified atom stereocenters. The van der Waals surface area contributed by atoms with Gasteiger partial charge in [0, 0.05) is 7.11 Å². The van der Waals surface area contributed by atoms with E-state index < -0.39 is 5.60 Å². The molecule has 0 bridgehead atoms. The number of rotatable bonds is 6. The molecule has 0 aromatic carbocycles. The zero-order chi connectivity index (χ0) is 10.5. The molecule has 2 nitrogen and oxygen atoms in total. The van der Waals surface area contributed by atoms with Crippen LogP contribution >= 0.6 is 0 Å². The highest BCUT2D eigenvalue weighted by molar-refractivity contribution is 4.81. The van der Waals surface area contributed by atoms with E-state index in [4.69, 9.17) is 4.74 Å². The Balaban J connectivity index is 3.93. The predicted molar refractivity (Wildman–Crippen MR) is 55.7 cm³/mol. The van der Waals surface area contributed by atoms with Crippen molar-refractivity contribution in [3.05, 3.63) is 12.7 Å². The molecule has 0 rings (SSSR count). The average Bonchev–Trinajstić information content (AvgIpc) is 2.02. The second-order valence-corrected chi connectivity index (χ2v) is 4.17. The lowest BCUT2D eigenvalue weighted by atomic mass is 9.94. The van der Waals surface area contributed by atoms with Gasteiger partial charge in [-0.15, -0.1) is 6.58 Å². The number of hydrogen-bond donors (Lipinski definition) is 1. The fourth-order valence-corrected chi connectivity index (χ4v) is 1.29.